The molecule has 2 aromatic carbocycles. The van der Waals surface area contributed by atoms with Crippen LogP contribution < -0.4 is 26.4 Å². The van der Waals surface area contributed by atoms with Gasteiger partial charge in [-0.2, -0.15) is 0 Å². The Labute approximate surface area is 445 Å². The highest BCUT2D eigenvalue weighted by Gasteiger charge is 2.44. The molecule has 75 heavy (non-hydrogen) atoms. The van der Waals surface area contributed by atoms with Crippen LogP contribution >= 0.6 is 11.3 Å². The molecule has 0 bridgehead atoms. The number of likely N-dealkylation sites (tertiary alicyclic amines) is 1. The van der Waals surface area contributed by atoms with Gasteiger partial charge in [-0.25, -0.2) is 4.98 Å². The minimum Gasteiger partial charge on any atom is -0.391 e. The van der Waals surface area contributed by atoms with E-state index in [1.165, 1.54) is 4.90 Å². The number of carbonyl (C=O) groups is 4. The first-order valence-corrected chi connectivity index (χ1v) is 27.3. The predicted molar refractivity (Wildman–Crippen MR) is 294 cm³/mol. The minimum atomic E-state index is -0.895. The van der Waals surface area contributed by atoms with Gasteiger partial charge in [0, 0.05) is 106 Å². The van der Waals surface area contributed by atoms with Crippen LogP contribution in [0.3, 0.4) is 0 Å². The quantitative estimate of drug-likeness (QED) is 0.0425. The van der Waals surface area contributed by atoms with Crippen LogP contribution in [0.15, 0.2) is 71.1 Å². The van der Waals surface area contributed by atoms with Gasteiger partial charge in [-0.05, 0) is 131 Å². The number of thiazole rings is 1. The number of aliphatic hydroxyl groups is 1. The minimum absolute atomic E-state index is 0.00905. The lowest BCUT2D eigenvalue weighted by atomic mass is 9.85. The van der Waals surface area contributed by atoms with Gasteiger partial charge in [0.15, 0.2) is 0 Å². The number of carbonyl (C=O) groups excluding carboxylic acids is 4. The summed E-state index contributed by atoms with van der Waals surface area (Å²) in [6.45, 7) is 19.0. The van der Waals surface area contributed by atoms with Gasteiger partial charge < -0.3 is 45.3 Å². The zero-order chi connectivity index (χ0) is 53.8. The van der Waals surface area contributed by atoms with Crippen LogP contribution in [-0.4, -0.2) is 112 Å². The molecular weight excluding hydrogens is 969 g/mol. The first-order chi connectivity index (χ1) is 35.9. The molecule has 2 aliphatic rings. The molecule has 5 N–H and O–H groups in total. The van der Waals surface area contributed by atoms with E-state index >= 15 is 0 Å². The molecule has 3 atom stereocenters. The summed E-state index contributed by atoms with van der Waals surface area (Å²) >= 11 is 1.58. The lowest BCUT2D eigenvalue weighted by Gasteiger charge is -2.37. The van der Waals surface area contributed by atoms with Crippen molar-refractivity contribution < 1.29 is 33.8 Å². The summed E-state index contributed by atoms with van der Waals surface area (Å²) in [7, 11) is 0. The maximum atomic E-state index is 14.1. The van der Waals surface area contributed by atoms with Gasteiger partial charge in [-0.3, -0.25) is 29.0 Å². The Morgan fingerprint density at radius 2 is 1.65 bits per heavy atom. The largest absolute Gasteiger partial charge is 0.391 e. The van der Waals surface area contributed by atoms with Crippen LogP contribution in [-0.2, 0) is 43.4 Å². The molecule has 16 nitrogen and oxygen atoms in total. The third-order valence-corrected chi connectivity index (χ3v) is 15.3. The maximum absolute atomic E-state index is 14.1. The Hall–Kier alpha value is -6.27. The summed E-state index contributed by atoms with van der Waals surface area (Å²) in [4.78, 5) is 84.5. The van der Waals surface area contributed by atoms with Crippen molar-refractivity contribution in [2.45, 2.75) is 144 Å². The summed E-state index contributed by atoms with van der Waals surface area (Å²) in [5.41, 5.74) is 11.0. The van der Waals surface area contributed by atoms with Gasteiger partial charge >= 0.3 is 0 Å². The van der Waals surface area contributed by atoms with Gasteiger partial charge in [0.05, 0.1) is 27.9 Å². The highest BCUT2D eigenvalue weighted by Crippen LogP contribution is 2.34. The fraction of sp³-hybridized carbons (Fsp3) is 0.500. The molecule has 0 saturated carbocycles. The van der Waals surface area contributed by atoms with Crippen LogP contribution in [0.25, 0.3) is 21.7 Å². The number of unbranched alkanes of at least 4 members (excludes halogenated alkanes) is 1. The molecule has 0 spiro atoms. The Bertz CT molecular complexity index is 2820. The Morgan fingerprint density at radius 3 is 2.32 bits per heavy atom. The third kappa shape index (κ3) is 14.8. The summed E-state index contributed by atoms with van der Waals surface area (Å²) < 4.78 is 11.6. The molecule has 2 aliphatic heterocycles. The number of anilines is 1. The van der Waals surface area contributed by atoms with Crippen molar-refractivity contribution in [2.75, 3.05) is 44.4 Å². The third-order valence-electron chi connectivity index (χ3n) is 14.4. The molecule has 1 unspecified atom stereocenters. The predicted octanol–water partition coefficient (Wildman–Crippen LogP) is 7.66. The summed E-state index contributed by atoms with van der Waals surface area (Å²) in [5.74, 6) is -1.25. The first kappa shape index (κ1) is 56.5. The fourth-order valence-corrected chi connectivity index (χ4v) is 10.9. The summed E-state index contributed by atoms with van der Waals surface area (Å²) in [6, 6.07) is 16.4. The van der Waals surface area contributed by atoms with Crippen molar-refractivity contribution in [1.82, 2.24) is 35.8 Å². The van der Waals surface area contributed by atoms with Gasteiger partial charge in [-0.15, -0.1) is 11.3 Å². The smallest absolute Gasteiger partial charge is 0.253 e. The number of hydrogen-bond acceptors (Lipinski definition) is 12. The van der Waals surface area contributed by atoms with Crippen LogP contribution in [0.5, 0.6) is 0 Å². The van der Waals surface area contributed by atoms with Crippen LogP contribution in [0.2, 0.25) is 0 Å². The maximum Gasteiger partial charge on any atom is 0.253 e. The molecule has 402 valence electrons. The van der Waals surface area contributed by atoms with E-state index in [0.717, 1.165) is 93.3 Å². The lowest BCUT2D eigenvalue weighted by molar-refractivity contribution is -0.144. The number of benzene rings is 2. The van der Waals surface area contributed by atoms with Crippen molar-refractivity contribution in [3.05, 3.63) is 121 Å². The van der Waals surface area contributed by atoms with Gasteiger partial charge in [0.2, 0.25) is 17.7 Å². The van der Waals surface area contributed by atoms with E-state index in [9.17, 15) is 29.1 Å². The van der Waals surface area contributed by atoms with E-state index in [0.29, 0.717) is 50.4 Å². The molecule has 5 heterocycles. The van der Waals surface area contributed by atoms with Gasteiger partial charge in [-0.1, -0.05) is 51.1 Å². The highest BCUT2D eigenvalue weighted by molar-refractivity contribution is 7.13. The SMILES string of the molecule is CCN(c1cc(-c2ccc(CCCOCCCCC(=O)NC(C(=O)N3C[C@H](O)C[C@H]3C(=O)NCc3ccc(-c4scnc4C)cc3)C(C)(C)C)cn2)cc(C(=O)NCc2c(C)cc(C)[nH]c2=O)c1C)C1CCOCC1. The molecule has 2 fully saturated rings. The molecular formula is C58H76N8O8S. The molecule has 3 aromatic heterocycles. The lowest BCUT2D eigenvalue weighted by Crippen LogP contribution is -2.57. The number of pyridine rings is 2. The Morgan fingerprint density at radius 1 is 0.920 bits per heavy atom. The number of aromatic nitrogens is 3. The van der Waals surface area contributed by atoms with E-state index in [-0.39, 0.29) is 61.8 Å². The zero-order valence-electron chi connectivity index (χ0n) is 45.0. The average Bonchev–Trinajstić information content (AvgIpc) is 4.01. The fourth-order valence-electron chi connectivity index (χ4n) is 10.1. The van der Waals surface area contributed by atoms with Crippen molar-refractivity contribution in [3.63, 3.8) is 0 Å². The second kappa shape index (κ2) is 26.0. The number of nitrogens with zero attached hydrogens (tertiary/aromatic N) is 4. The number of amides is 4. The van der Waals surface area contributed by atoms with Crippen molar-refractivity contribution in [3.8, 4) is 21.7 Å². The van der Waals surface area contributed by atoms with E-state index in [4.69, 9.17) is 14.5 Å². The topological polar surface area (TPSA) is 208 Å². The molecule has 4 amide bonds. The molecule has 2 saturated heterocycles. The number of nitrogens with one attached hydrogen (secondary N) is 4. The number of rotatable bonds is 22. The molecule has 5 aromatic rings. The van der Waals surface area contributed by atoms with E-state index < -0.39 is 29.5 Å². The zero-order valence-corrected chi connectivity index (χ0v) is 45.8. The first-order valence-electron chi connectivity index (χ1n) is 26.5. The standard InChI is InChI=1S/C58H76N8O8S/c1-9-65(44-21-25-74-26-22-44)49-29-43(28-46(38(49)4)54(69)61-33-47-36(2)27-37(3)63-55(47)70)48-20-17-40(31-59-48)13-12-24-73-23-11-10-14-51(68)64-53(58(6,7)8)57(72)66-34-45(67)30-50(66)56(71)60-32-41-15-18-42(19-16-41)52-39(5)62-35-75-52/h15-20,27-29,31,35,44-45,50,53,67H,9-14,21-26,30,32-34H2,1-8H3,(H,60,71)(H,61,69)(H,63,70)(H,64,68)/t45-,50+,53?/m1/s1. The molecule has 0 radical (unpaired) electrons. The number of ether oxygens (including phenoxy) is 2. The normalized spacial score (nSPS) is 16.4. The van der Waals surface area contributed by atoms with E-state index in [1.807, 2.05) is 103 Å². The average molecular weight is 1050 g/mol. The van der Waals surface area contributed by atoms with Crippen molar-refractivity contribution in [2.24, 2.45) is 5.41 Å². The van der Waals surface area contributed by atoms with Crippen LogP contribution in [0, 0.1) is 33.1 Å². The molecule has 17 heteroatoms. The van der Waals surface area contributed by atoms with Crippen molar-refractivity contribution >= 4 is 40.7 Å². The summed E-state index contributed by atoms with van der Waals surface area (Å²) in [5, 5.41) is 19.6. The number of aromatic amines is 1. The Balaban J connectivity index is 0.868. The highest BCUT2D eigenvalue weighted by atomic mass is 32.1. The Kier molecular flexibility index (Phi) is 19.6. The number of aryl methyl sites for hydroxylation is 4. The number of β-amino-alcohol motifs (C(OH)–C–C–N with tert-alkyl or cyclic N) is 1. The van der Waals surface area contributed by atoms with Gasteiger partial charge in [0.1, 0.15) is 12.1 Å². The second-order valence-corrected chi connectivity index (χ2v) is 21.9. The van der Waals surface area contributed by atoms with Crippen LogP contribution in [0.1, 0.15) is 122 Å². The van der Waals surface area contributed by atoms with Crippen molar-refractivity contribution in [1.29, 1.82) is 0 Å². The number of hydrogen-bond donors (Lipinski definition) is 5. The number of H-pyrrole nitrogens is 1. The van der Waals surface area contributed by atoms with Crippen LogP contribution in [0.4, 0.5) is 5.69 Å². The molecule has 0 aliphatic carbocycles. The van der Waals surface area contributed by atoms with Gasteiger partial charge in [0.25, 0.3) is 11.5 Å². The summed E-state index contributed by atoms with van der Waals surface area (Å²) in [6.07, 6.45) is 5.92. The van der Waals surface area contributed by atoms with E-state index in [2.05, 4.69) is 49.9 Å². The second-order valence-electron chi connectivity index (χ2n) is 21.1. The van der Waals surface area contributed by atoms with E-state index in [1.54, 1.807) is 11.3 Å². The number of aliphatic hydroxyl groups excluding tert-OH is 1. The molecule has 7 rings (SSSR count). The monoisotopic (exact) mass is 1040 g/mol.